The number of carbonyl (C=O) groups is 1. The molecule has 0 fully saturated rings. The van der Waals surface area contributed by atoms with E-state index in [0.29, 0.717) is 13.2 Å². The Kier molecular flexibility index (Phi) is 4.80. The van der Waals surface area contributed by atoms with Crippen molar-refractivity contribution in [1.82, 2.24) is 5.32 Å². The first-order valence-electron chi connectivity index (χ1n) is 4.79. The molecule has 0 spiro atoms. The number of nitrogens with one attached hydrogen (secondary N) is 1. The van der Waals surface area contributed by atoms with Gasteiger partial charge in [-0.25, -0.2) is 0 Å². The Balaban J connectivity index is 2.43. The third kappa shape index (κ3) is 4.10. The van der Waals surface area contributed by atoms with Gasteiger partial charge in [-0.05, 0) is 5.56 Å². The summed E-state index contributed by atoms with van der Waals surface area (Å²) < 4.78 is 4.89. The highest BCUT2D eigenvalue weighted by atomic mass is 16.5. The highest BCUT2D eigenvalue weighted by Gasteiger charge is 2.13. The summed E-state index contributed by atoms with van der Waals surface area (Å²) in [5.41, 5.74) is 6.32. The molecule has 0 saturated carbocycles. The minimum atomic E-state index is -0.435. The van der Waals surface area contributed by atoms with E-state index in [9.17, 15) is 4.79 Å². The number of methoxy groups -OCH3 is 1. The van der Waals surface area contributed by atoms with Gasteiger partial charge < -0.3 is 10.5 Å². The molecule has 0 aromatic heterocycles. The summed E-state index contributed by atoms with van der Waals surface area (Å²) in [6.45, 7) is 0.903. The number of carbonyl (C=O) groups excluding carboxylic acids is 1. The number of amides is 1. The fourth-order valence-electron chi connectivity index (χ4n) is 1.25. The summed E-state index contributed by atoms with van der Waals surface area (Å²) in [5, 5.41) is 3.04. The van der Waals surface area contributed by atoms with E-state index < -0.39 is 11.9 Å². The lowest BCUT2D eigenvalue weighted by Gasteiger charge is -2.14. The molecule has 0 bridgehead atoms. The van der Waals surface area contributed by atoms with E-state index >= 15 is 0 Å². The predicted octanol–water partition coefficient (Wildman–Crippen LogP) is 0.277. The molecule has 0 radical (unpaired) electrons. The molecule has 1 unspecified atom stereocenters. The smallest absolute Gasteiger partial charge is 0.236 e. The Hall–Kier alpha value is -1.39. The zero-order chi connectivity index (χ0) is 11.1. The molecular weight excluding hydrogens is 192 g/mol. The number of nitrogens with two attached hydrogens (primary N) is 1. The number of hydrogen-bond donors (Lipinski definition) is 2. The number of rotatable bonds is 6. The first kappa shape index (κ1) is 11.7. The average molecular weight is 208 g/mol. The minimum absolute atomic E-state index is 0.294. The molecule has 82 valence electrons. The molecule has 1 aromatic rings. The summed E-state index contributed by atoms with van der Waals surface area (Å²) in [4.78, 5) is 11.0. The Labute approximate surface area is 89.4 Å². The second-order valence-corrected chi connectivity index (χ2v) is 3.28. The van der Waals surface area contributed by atoms with E-state index in [4.69, 9.17) is 10.5 Å². The van der Waals surface area contributed by atoms with Gasteiger partial charge in [0.15, 0.2) is 0 Å². The van der Waals surface area contributed by atoms with Crippen molar-refractivity contribution in [3.8, 4) is 0 Å². The highest BCUT2D eigenvalue weighted by molar-refractivity contribution is 5.79. The fraction of sp³-hybridized carbons (Fsp3) is 0.364. The van der Waals surface area contributed by atoms with Crippen molar-refractivity contribution in [1.29, 1.82) is 0 Å². The number of primary amides is 1. The second-order valence-electron chi connectivity index (χ2n) is 3.28. The third-order valence-electron chi connectivity index (χ3n) is 2.07. The number of benzene rings is 1. The van der Waals surface area contributed by atoms with E-state index in [1.807, 2.05) is 30.3 Å². The first-order valence-corrected chi connectivity index (χ1v) is 4.79. The summed E-state index contributed by atoms with van der Waals surface area (Å²) in [6, 6.07) is 9.38. The molecule has 1 amide bonds. The molecule has 0 aliphatic rings. The van der Waals surface area contributed by atoms with Crippen LogP contribution in [-0.4, -0.2) is 25.7 Å². The zero-order valence-corrected chi connectivity index (χ0v) is 8.77. The van der Waals surface area contributed by atoms with Crippen LogP contribution in [0.1, 0.15) is 5.56 Å². The van der Waals surface area contributed by atoms with Crippen molar-refractivity contribution in [3.05, 3.63) is 35.9 Å². The van der Waals surface area contributed by atoms with E-state index in [1.165, 1.54) is 0 Å². The van der Waals surface area contributed by atoms with Crippen molar-refractivity contribution in [3.63, 3.8) is 0 Å². The molecule has 4 heteroatoms. The summed E-state index contributed by atoms with van der Waals surface area (Å²) >= 11 is 0. The van der Waals surface area contributed by atoms with Gasteiger partial charge in [0.05, 0.1) is 6.61 Å². The van der Waals surface area contributed by atoms with Crippen LogP contribution in [0.2, 0.25) is 0 Å². The first-order chi connectivity index (χ1) is 7.24. The van der Waals surface area contributed by atoms with Crippen LogP contribution in [0.3, 0.4) is 0 Å². The number of ether oxygens (including phenoxy) is 1. The normalized spacial score (nSPS) is 12.3. The monoisotopic (exact) mass is 208 g/mol. The van der Waals surface area contributed by atoms with E-state index in [2.05, 4.69) is 5.32 Å². The molecule has 1 aromatic carbocycles. The maximum Gasteiger partial charge on any atom is 0.236 e. The maximum atomic E-state index is 11.0. The van der Waals surface area contributed by atoms with Crippen molar-refractivity contribution in [2.75, 3.05) is 13.7 Å². The van der Waals surface area contributed by atoms with E-state index in [0.717, 1.165) is 5.56 Å². The van der Waals surface area contributed by atoms with Crippen molar-refractivity contribution >= 4 is 5.91 Å². The Bertz CT molecular complexity index is 301. The molecule has 1 atom stereocenters. The van der Waals surface area contributed by atoms with E-state index in [1.54, 1.807) is 7.11 Å². The van der Waals surface area contributed by atoms with Gasteiger partial charge in [0.2, 0.25) is 5.91 Å². The van der Waals surface area contributed by atoms with Crippen LogP contribution >= 0.6 is 0 Å². The Morgan fingerprint density at radius 3 is 2.67 bits per heavy atom. The van der Waals surface area contributed by atoms with Gasteiger partial charge in [-0.1, -0.05) is 30.3 Å². The van der Waals surface area contributed by atoms with Gasteiger partial charge in [0, 0.05) is 13.7 Å². The van der Waals surface area contributed by atoms with Crippen LogP contribution in [0.4, 0.5) is 0 Å². The summed E-state index contributed by atoms with van der Waals surface area (Å²) in [7, 11) is 1.54. The quantitative estimate of drug-likeness (QED) is 0.705. The highest BCUT2D eigenvalue weighted by Crippen LogP contribution is 1.98. The SMILES string of the molecule is COCC(NCc1ccccc1)C(N)=O. The van der Waals surface area contributed by atoms with Gasteiger partial charge in [0.25, 0.3) is 0 Å². The zero-order valence-electron chi connectivity index (χ0n) is 8.77. The standard InChI is InChI=1S/C11H16N2O2/c1-15-8-10(11(12)14)13-7-9-5-3-2-4-6-9/h2-6,10,13H,7-8H2,1H3,(H2,12,14). The van der Waals surface area contributed by atoms with Crippen LogP contribution < -0.4 is 11.1 Å². The van der Waals surface area contributed by atoms with Gasteiger partial charge >= 0.3 is 0 Å². The molecule has 15 heavy (non-hydrogen) atoms. The Morgan fingerprint density at radius 1 is 1.47 bits per heavy atom. The predicted molar refractivity (Wildman–Crippen MR) is 58.1 cm³/mol. The average Bonchev–Trinajstić information content (AvgIpc) is 2.25. The molecule has 1 rings (SSSR count). The van der Waals surface area contributed by atoms with Crippen LogP contribution in [0.15, 0.2) is 30.3 Å². The molecule has 0 aliphatic carbocycles. The molecule has 4 nitrogen and oxygen atoms in total. The lowest BCUT2D eigenvalue weighted by atomic mass is 10.2. The van der Waals surface area contributed by atoms with Crippen LogP contribution in [0.25, 0.3) is 0 Å². The molecule has 0 heterocycles. The summed E-state index contributed by atoms with van der Waals surface area (Å²) in [5.74, 6) is -0.396. The third-order valence-corrected chi connectivity index (χ3v) is 2.07. The number of hydrogen-bond acceptors (Lipinski definition) is 3. The second kappa shape index (κ2) is 6.16. The van der Waals surface area contributed by atoms with Crippen LogP contribution in [-0.2, 0) is 16.1 Å². The maximum absolute atomic E-state index is 11.0. The lowest BCUT2D eigenvalue weighted by Crippen LogP contribution is -2.44. The van der Waals surface area contributed by atoms with Gasteiger partial charge in [-0.3, -0.25) is 10.1 Å². The topological polar surface area (TPSA) is 64.3 Å². The van der Waals surface area contributed by atoms with Crippen molar-refractivity contribution in [2.24, 2.45) is 5.73 Å². The van der Waals surface area contributed by atoms with Crippen molar-refractivity contribution in [2.45, 2.75) is 12.6 Å². The minimum Gasteiger partial charge on any atom is -0.383 e. The molecule has 0 aliphatic heterocycles. The van der Waals surface area contributed by atoms with Gasteiger partial charge in [-0.2, -0.15) is 0 Å². The molecular formula is C11H16N2O2. The molecule has 3 N–H and O–H groups in total. The fourth-order valence-corrected chi connectivity index (χ4v) is 1.25. The molecule has 0 saturated heterocycles. The van der Waals surface area contributed by atoms with Gasteiger partial charge in [0.1, 0.15) is 6.04 Å². The lowest BCUT2D eigenvalue weighted by molar-refractivity contribution is -0.121. The largest absolute Gasteiger partial charge is 0.383 e. The van der Waals surface area contributed by atoms with Crippen LogP contribution in [0.5, 0.6) is 0 Å². The van der Waals surface area contributed by atoms with Crippen LogP contribution in [0, 0.1) is 0 Å². The summed E-state index contributed by atoms with van der Waals surface area (Å²) in [6.07, 6.45) is 0. The van der Waals surface area contributed by atoms with Crippen molar-refractivity contribution < 1.29 is 9.53 Å². The van der Waals surface area contributed by atoms with Gasteiger partial charge in [-0.15, -0.1) is 0 Å². The van der Waals surface area contributed by atoms with E-state index in [-0.39, 0.29) is 0 Å². The Morgan fingerprint density at radius 2 is 2.13 bits per heavy atom.